The lowest BCUT2D eigenvalue weighted by atomic mass is 10.1. The Hall–Kier alpha value is -2.42. The largest absolute Gasteiger partial charge is 0.496 e. The first kappa shape index (κ1) is 18.6. The molecule has 0 radical (unpaired) electrons. The average Bonchev–Trinajstić information content (AvgIpc) is 3.18. The standard InChI is InChI=1S/C21H14BrN3O2S2/c1-27-17-8-7-13(9-15(17)22)16-11-29-21-23-19-18(20(26)25(21)24-16)14(10-28-19)12-5-3-2-4-6-12/h2-10H,11H2,1H3. The van der Waals surface area contributed by atoms with Crippen LogP contribution < -0.4 is 10.3 Å². The molecule has 5 nitrogen and oxygen atoms in total. The van der Waals surface area contributed by atoms with Crippen LogP contribution >= 0.6 is 39.0 Å². The zero-order valence-corrected chi connectivity index (χ0v) is 18.5. The van der Waals surface area contributed by atoms with Gasteiger partial charge in [-0.1, -0.05) is 42.1 Å². The highest BCUT2D eigenvalue weighted by Crippen LogP contribution is 2.33. The van der Waals surface area contributed by atoms with Gasteiger partial charge in [0.15, 0.2) is 5.16 Å². The van der Waals surface area contributed by atoms with Crippen LogP contribution in [-0.2, 0) is 0 Å². The van der Waals surface area contributed by atoms with Crippen molar-refractivity contribution in [1.29, 1.82) is 0 Å². The SMILES string of the molecule is COc1ccc(C2=Nn3c(nc4scc(-c5ccccc5)c4c3=O)SC2)cc1Br. The Morgan fingerprint density at radius 3 is 2.72 bits per heavy atom. The van der Waals surface area contributed by atoms with Crippen molar-refractivity contribution < 1.29 is 4.74 Å². The number of benzene rings is 2. The molecule has 0 atom stereocenters. The molecule has 0 saturated heterocycles. The van der Waals surface area contributed by atoms with Crippen LogP contribution in [0.1, 0.15) is 5.56 Å². The van der Waals surface area contributed by atoms with Crippen LogP contribution in [0.15, 0.2) is 73.4 Å². The number of ether oxygens (including phenoxy) is 1. The van der Waals surface area contributed by atoms with E-state index < -0.39 is 0 Å². The predicted molar refractivity (Wildman–Crippen MR) is 123 cm³/mol. The van der Waals surface area contributed by atoms with E-state index in [1.54, 1.807) is 7.11 Å². The molecule has 2 aromatic heterocycles. The summed E-state index contributed by atoms with van der Waals surface area (Å²) in [5, 5.41) is 7.90. The predicted octanol–water partition coefficient (Wildman–Crippen LogP) is 5.25. The highest BCUT2D eigenvalue weighted by atomic mass is 79.9. The van der Waals surface area contributed by atoms with E-state index in [4.69, 9.17) is 9.72 Å². The number of thiophene rings is 1. The summed E-state index contributed by atoms with van der Waals surface area (Å²) in [4.78, 5) is 18.8. The number of halogens is 1. The molecule has 0 N–H and O–H groups in total. The van der Waals surface area contributed by atoms with Crippen LogP contribution in [-0.4, -0.2) is 28.2 Å². The van der Waals surface area contributed by atoms with Crippen molar-refractivity contribution in [1.82, 2.24) is 9.66 Å². The van der Waals surface area contributed by atoms with Crippen molar-refractivity contribution in [3.63, 3.8) is 0 Å². The van der Waals surface area contributed by atoms with Crippen molar-refractivity contribution in [2.45, 2.75) is 5.16 Å². The van der Waals surface area contributed by atoms with Gasteiger partial charge >= 0.3 is 0 Å². The normalized spacial score (nSPS) is 13.2. The van der Waals surface area contributed by atoms with E-state index in [-0.39, 0.29) is 5.56 Å². The van der Waals surface area contributed by atoms with E-state index in [1.165, 1.54) is 27.8 Å². The lowest BCUT2D eigenvalue weighted by Gasteiger charge is -2.16. The summed E-state index contributed by atoms with van der Waals surface area (Å²) in [6.07, 6.45) is 0. The second-order valence-electron chi connectivity index (χ2n) is 6.39. The highest BCUT2D eigenvalue weighted by Gasteiger charge is 2.22. The molecule has 2 aromatic carbocycles. The van der Waals surface area contributed by atoms with Crippen LogP contribution in [0, 0.1) is 0 Å². The summed E-state index contributed by atoms with van der Waals surface area (Å²) in [6.45, 7) is 0. The van der Waals surface area contributed by atoms with Crippen molar-refractivity contribution in [3.05, 3.63) is 74.3 Å². The van der Waals surface area contributed by atoms with E-state index in [9.17, 15) is 4.79 Å². The lowest BCUT2D eigenvalue weighted by molar-refractivity contribution is 0.412. The van der Waals surface area contributed by atoms with Crippen LogP contribution in [0.25, 0.3) is 21.3 Å². The molecular formula is C21H14BrN3O2S2. The quantitative estimate of drug-likeness (QED) is 0.373. The molecule has 0 saturated carbocycles. The summed E-state index contributed by atoms with van der Waals surface area (Å²) in [7, 11) is 1.63. The maximum Gasteiger partial charge on any atom is 0.284 e. The number of hydrogen-bond donors (Lipinski definition) is 0. The zero-order valence-electron chi connectivity index (χ0n) is 15.3. The van der Waals surface area contributed by atoms with Gasteiger partial charge in [-0.2, -0.15) is 9.78 Å². The minimum absolute atomic E-state index is 0.137. The summed E-state index contributed by atoms with van der Waals surface area (Å²) < 4.78 is 7.58. The van der Waals surface area contributed by atoms with Crippen molar-refractivity contribution in [2.24, 2.45) is 5.10 Å². The Kier molecular flexibility index (Phi) is 4.77. The van der Waals surface area contributed by atoms with Gasteiger partial charge in [-0.05, 0) is 39.7 Å². The van der Waals surface area contributed by atoms with Crippen LogP contribution in [0.3, 0.4) is 0 Å². The van der Waals surface area contributed by atoms with Gasteiger partial charge in [0.2, 0.25) is 0 Å². The fourth-order valence-electron chi connectivity index (χ4n) is 3.24. The van der Waals surface area contributed by atoms with Gasteiger partial charge in [-0.3, -0.25) is 4.79 Å². The van der Waals surface area contributed by atoms with Gasteiger partial charge in [-0.15, -0.1) is 11.3 Å². The molecule has 1 aliphatic rings. The number of nitrogens with zero attached hydrogens (tertiary/aromatic N) is 3. The molecule has 8 heteroatoms. The molecular weight excluding hydrogens is 470 g/mol. The third kappa shape index (κ3) is 3.21. The van der Waals surface area contributed by atoms with Crippen molar-refractivity contribution >= 4 is 55.0 Å². The van der Waals surface area contributed by atoms with Gasteiger partial charge in [-0.25, -0.2) is 4.98 Å². The second kappa shape index (κ2) is 7.44. The molecule has 1 aliphatic heterocycles. The topological polar surface area (TPSA) is 56.5 Å². The Bertz CT molecular complexity index is 1330. The van der Waals surface area contributed by atoms with E-state index in [0.717, 1.165) is 37.5 Å². The fraction of sp³-hybridized carbons (Fsp3) is 0.0952. The highest BCUT2D eigenvalue weighted by molar-refractivity contribution is 9.10. The van der Waals surface area contributed by atoms with E-state index in [0.29, 0.717) is 16.3 Å². The van der Waals surface area contributed by atoms with E-state index in [2.05, 4.69) is 21.0 Å². The summed E-state index contributed by atoms with van der Waals surface area (Å²) >= 11 is 6.53. The Morgan fingerprint density at radius 1 is 1.14 bits per heavy atom. The van der Waals surface area contributed by atoms with Gasteiger partial charge in [0.1, 0.15) is 10.6 Å². The molecule has 3 heterocycles. The van der Waals surface area contributed by atoms with Crippen LogP contribution in [0.4, 0.5) is 0 Å². The Balaban J connectivity index is 1.67. The molecule has 4 aromatic rings. The lowest BCUT2D eigenvalue weighted by Crippen LogP contribution is -2.25. The third-order valence-corrected chi connectivity index (χ3v) is 7.12. The first-order valence-electron chi connectivity index (χ1n) is 8.80. The minimum Gasteiger partial charge on any atom is -0.496 e. The molecule has 0 spiro atoms. The number of methoxy groups -OCH3 is 1. The molecule has 144 valence electrons. The molecule has 0 bridgehead atoms. The van der Waals surface area contributed by atoms with Crippen LogP contribution in [0.2, 0.25) is 0 Å². The Labute approximate surface area is 183 Å². The number of aromatic nitrogens is 2. The summed E-state index contributed by atoms with van der Waals surface area (Å²) in [6, 6.07) is 15.7. The summed E-state index contributed by atoms with van der Waals surface area (Å²) in [5.74, 6) is 1.40. The number of thioether (sulfide) groups is 1. The molecule has 29 heavy (non-hydrogen) atoms. The molecule has 0 unspecified atom stereocenters. The fourth-order valence-corrected chi connectivity index (χ4v) is 5.67. The zero-order chi connectivity index (χ0) is 20.0. The molecule has 0 amide bonds. The van der Waals surface area contributed by atoms with Crippen molar-refractivity contribution in [3.8, 4) is 16.9 Å². The maximum atomic E-state index is 13.4. The van der Waals surface area contributed by atoms with Gasteiger partial charge < -0.3 is 4.74 Å². The average molecular weight is 484 g/mol. The second-order valence-corrected chi connectivity index (χ2v) is 9.05. The van der Waals surface area contributed by atoms with Gasteiger partial charge in [0.25, 0.3) is 5.56 Å². The first-order valence-corrected chi connectivity index (χ1v) is 11.5. The molecule has 5 rings (SSSR count). The number of fused-ring (bicyclic) bond motifs is 2. The maximum absolute atomic E-state index is 13.4. The molecule has 0 fully saturated rings. The van der Waals surface area contributed by atoms with Gasteiger partial charge in [0, 0.05) is 22.3 Å². The van der Waals surface area contributed by atoms with Gasteiger partial charge in [0.05, 0.1) is 22.7 Å². The van der Waals surface area contributed by atoms with E-state index in [1.807, 2.05) is 53.9 Å². The smallest absolute Gasteiger partial charge is 0.284 e. The Morgan fingerprint density at radius 2 is 1.97 bits per heavy atom. The van der Waals surface area contributed by atoms with E-state index >= 15 is 0 Å². The van der Waals surface area contributed by atoms with Crippen molar-refractivity contribution in [2.75, 3.05) is 12.9 Å². The third-order valence-electron chi connectivity index (χ3n) is 4.68. The minimum atomic E-state index is -0.137. The van der Waals surface area contributed by atoms with Crippen LogP contribution in [0.5, 0.6) is 5.75 Å². The monoisotopic (exact) mass is 483 g/mol. The summed E-state index contributed by atoms with van der Waals surface area (Å²) in [5.41, 5.74) is 3.53. The number of rotatable bonds is 3. The molecule has 0 aliphatic carbocycles. The number of hydrogen-bond acceptors (Lipinski definition) is 6. The first-order chi connectivity index (χ1) is 14.2.